The standard InChI is InChI=1S/C20H20F3N3O2/c21-20(22,23)19-11-15(28-25-19)12-26-8-6-14(7-9-26)16-2-1-3-17(24-16)18(27)10-13-4-5-13/h1-3,6,11,13H,4-5,7-10,12H2. The Morgan fingerprint density at radius 2 is 2.11 bits per heavy atom. The second-order valence-electron chi connectivity index (χ2n) is 7.37. The van der Waals surface area contributed by atoms with Crippen LogP contribution in [0.25, 0.3) is 5.57 Å². The third-order valence-electron chi connectivity index (χ3n) is 5.06. The summed E-state index contributed by atoms with van der Waals surface area (Å²) in [6.07, 6.45) is 1.03. The first-order valence-corrected chi connectivity index (χ1v) is 9.33. The predicted molar refractivity (Wildman–Crippen MR) is 95.3 cm³/mol. The van der Waals surface area contributed by atoms with E-state index in [1.165, 1.54) is 0 Å². The van der Waals surface area contributed by atoms with Crippen LogP contribution in [0.2, 0.25) is 0 Å². The Labute approximate surface area is 160 Å². The minimum atomic E-state index is -4.50. The summed E-state index contributed by atoms with van der Waals surface area (Å²) in [4.78, 5) is 18.8. The van der Waals surface area contributed by atoms with Crippen molar-refractivity contribution >= 4 is 11.4 Å². The van der Waals surface area contributed by atoms with Crippen LogP contribution in [0, 0.1) is 5.92 Å². The van der Waals surface area contributed by atoms with Crippen LogP contribution < -0.4 is 0 Å². The summed E-state index contributed by atoms with van der Waals surface area (Å²) in [6.45, 7) is 1.50. The van der Waals surface area contributed by atoms with Gasteiger partial charge in [-0.3, -0.25) is 9.69 Å². The fourth-order valence-corrected chi connectivity index (χ4v) is 3.29. The molecule has 2 aromatic rings. The van der Waals surface area contributed by atoms with E-state index in [2.05, 4.69) is 10.1 Å². The molecule has 0 aromatic carbocycles. The van der Waals surface area contributed by atoms with Gasteiger partial charge >= 0.3 is 6.18 Å². The molecule has 1 aliphatic carbocycles. The first-order valence-electron chi connectivity index (χ1n) is 9.33. The third kappa shape index (κ3) is 4.49. The van der Waals surface area contributed by atoms with Gasteiger partial charge in [0.1, 0.15) is 5.69 Å². The Balaban J connectivity index is 1.38. The number of alkyl halides is 3. The Kier molecular flexibility index (Phi) is 5.05. The van der Waals surface area contributed by atoms with Crippen molar-refractivity contribution in [1.82, 2.24) is 15.0 Å². The molecule has 0 N–H and O–H groups in total. The number of carbonyl (C=O) groups is 1. The molecule has 5 nitrogen and oxygen atoms in total. The number of aromatic nitrogens is 2. The molecule has 0 amide bonds. The van der Waals surface area contributed by atoms with Gasteiger partial charge in [0.15, 0.2) is 17.2 Å². The second kappa shape index (κ2) is 7.50. The molecule has 1 saturated carbocycles. The van der Waals surface area contributed by atoms with Gasteiger partial charge in [0, 0.05) is 25.6 Å². The SMILES string of the molecule is O=C(CC1CC1)c1cccc(C2=CCN(Cc3cc(C(F)(F)F)no3)CC2)n1. The van der Waals surface area contributed by atoms with E-state index in [0.29, 0.717) is 37.5 Å². The average Bonchev–Trinajstić information content (AvgIpc) is 3.35. The summed E-state index contributed by atoms with van der Waals surface area (Å²) in [5.74, 6) is 0.803. The molecule has 0 bridgehead atoms. The number of pyridine rings is 1. The van der Waals surface area contributed by atoms with E-state index in [-0.39, 0.29) is 18.1 Å². The molecule has 0 saturated heterocycles. The molecule has 2 aliphatic rings. The third-order valence-corrected chi connectivity index (χ3v) is 5.06. The van der Waals surface area contributed by atoms with Crippen LogP contribution in [-0.2, 0) is 12.7 Å². The smallest absolute Gasteiger partial charge is 0.359 e. The number of hydrogen-bond acceptors (Lipinski definition) is 5. The van der Waals surface area contributed by atoms with Gasteiger partial charge in [-0.2, -0.15) is 13.2 Å². The Hall–Kier alpha value is -2.48. The number of rotatable bonds is 6. The summed E-state index contributed by atoms with van der Waals surface area (Å²) >= 11 is 0. The number of carbonyl (C=O) groups excluding carboxylic acids is 1. The van der Waals surface area contributed by atoms with Gasteiger partial charge in [-0.1, -0.05) is 17.3 Å². The van der Waals surface area contributed by atoms with Crippen LogP contribution in [0.5, 0.6) is 0 Å². The lowest BCUT2D eigenvalue weighted by Gasteiger charge is -2.25. The van der Waals surface area contributed by atoms with E-state index in [9.17, 15) is 18.0 Å². The number of nitrogens with zero attached hydrogens (tertiary/aromatic N) is 3. The zero-order valence-corrected chi connectivity index (χ0v) is 15.2. The van der Waals surface area contributed by atoms with Gasteiger partial charge in [-0.25, -0.2) is 4.98 Å². The summed E-state index contributed by atoms with van der Waals surface area (Å²) in [5.41, 5.74) is 1.34. The van der Waals surface area contributed by atoms with Gasteiger partial charge in [0.05, 0.1) is 12.2 Å². The van der Waals surface area contributed by atoms with Crippen molar-refractivity contribution in [2.75, 3.05) is 13.1 Å². The lowest BCUT2D eigenvalue weighted by Crippen LogP contribution is -2.28. The molecular weight excluding hydrogens is 371 g/mol. The molecule has 1 fully saturated rings. The maximum atomic E-state index is 12.6. The highest BCUT2D eigenvalue weighted by Gasteiger charge is 2.35. The number of halogens is 3. The van der Waals surface area contributed by atoms with Crippen molar-refractivity contribution in [2.24, 2.45) is 5.92 Å². The van der Waals surface area contributed by atoms with Crippen LogP contribution >= 0.6 is 0 Å². The number of Topliss-reactive ketones (excluding diaryl/α,β-unsaturated/α-hetero) is 1. The van der Waals surface area contributed by atoms with Gasteiger partial charge in [-0.15, -0.1) is 0 Å². The molecule has 1 aliphatic heterocycles. The fraction of sp³-hybridized carbons (Fsp3) is 0.450. The van der Waals surface area contributed by atoms with Crippen molar-refractivity contribution < 1.29 is 22.5 Å². The topological polar surface area (TPSA) is 59.2 Å². The van der Waals surface area contributed by atoms with Gasteiger partial charge in [-0.05, 0) is 42.9 Å². The van der Waals surface area contributed by atoms with Crippen molar-refractivity contribution in [3.63, 3.8) is 0 Å². The van der Waals surface area contributed by atoms with E-state index in [1.807, 2.05) is 23.1 Å². The van der Waals surface area contributed by atoms with Crippen LogP contribution in [0.4, 0.5) is 13.2 Å². The highest BCUT2D eigenvalue weighted by Crippen LogP contribution is 2.33. The molecule has 148 valence electrons. The van der Waals surface area contributed by atoms with Crippen molar-refractivity contribution in [1.29, 1.82) is 0 Å². The van der Waals surface area contributed by atoms with Gasteiger partial charge in [0.25, 0.3) is 0 Å². The largest absolute Gasteiger partial charge is 0.436 e. The Morgan fingerprint density at radius 1 is 1.29 bits per heavy atom. The van der Waals surface area contributed by atoms with Crippen molar-refractivity contribution in [3.05, 3.63) is 53.2 Å². The molecular formula is C20H20F3N3O2. The number of ketones is 1. The molecule has 4 rings (SSSR count). The minimum absolute atomic E-state index is 0.0909. The van der Waals surface area contributed by atoms with Crippen molar-refractivity contribution in [2.45, 2.75) is 38.4 Å². The lowest BCUT2D eigenvalue weighted by atomic mass is 10.0. The van der Waals surface area contributed by atoms with E-state index >= 15 is 0 Å². The Morgan fingerprint density at radius 3 is 2.75 bits per heavy atom. The van der Waals surface area contributed by atoms with Gasteiger partial charge < -0.3 is 4.52 Å². The summed E-state index contributed by atoms with van der Waals surface area (Å²) < 4.78 is 42.6. The molecule has 2 aromatic heterocycles. The number of hydrogen-bond donors (Lipinski definition) is 0. The van der Waals surface area contributed by atoms with Crippen LogP contribution in [0.3, 0.4) is 0 Å². The maximum absolute atomic E-state index is 12.6. The summed E-state index contributed by atoms with van der Waals surface area (Å²) in [5, 5.41) is 3.08. The zero-order valence-electron chi connectivity index (χ0n) is 15.2. The highest BCUT2D eigenvalue weighted by atomic mass is 19.4. The maximum Gasteiger partial charge on any atom is 0.436 e. The lowest BCUT2D eigenvalue weighted by molar-refractivity contribution is -0.142. The molecule has 0 atom stereocenters. The summed E-state index contributed by atoms with van der Waals surface area (Å²) in [6, 6.07) is 6.44. The summed E-state index contributed by atoms with van der Waals surface area (Å²) in [7, 11) is 0. The normalized spacial score (nSPS) is 18.2. The fourth-order valence-electron chi connectivity index (χ4n) is 3.29. The highest BCUT2D eigenvalue weighted by molar-refractivity contribution is 5.94. The van der Waals surface area contributed by atoms with Crippen LogP contribution in [0.1, 0.15) is 53.3 Å². The molecule has 0 spiro atoms. The quantitative estimate of drug-likeness (QED) is 0.685. The average molecular weight is 391 g/mol. The first-order chi connectivity index (χ1) is 13.4. The zero-order chi connectivity index (χ0) is 19.7. The molecule has 0 radical (unpaired) electrons. The minimum Gasteiger partial charge on any atom is -0.359 e. The predicted octanol–water partition coefficient (Wildman–Crippen LogP) is 4.36. The van der Waals surface area contributed by atoms with E-state index in [4.69, 9.17) is 4.52 Å². The van der Waals surface area contributed by atoms with E-state index < -0.39 is 11.9 Å². The first kappa shape index (κ1) is 18.9. The van der Waals surface area contributed by atoms with E-state index in [1.54, 1.807) is 6.07 Å². The Bertz CT molecular complexity index is 900. The molecule has 8 heteroatoms. The second-order valence-corrected chi connectivity index (χ2v) is 7.37. The van der Waals surface area contributed by atoms with Crippen LogP contribution in [0.15, 0.2) is 34.9 Å². The molecule has 0 unspecified atom stereocenters. The van der Waals surface area contributed by atoms with E-state index in [0.717, 1.165) is 30.2 Å². The molecule has 28 heavy (non-hydrogen) atoms. The monoisotopic (exact) mass is 391 g/mol. The van der Waals surface area contributed by atoms with Crippen molar-refractivity contribution in [3.8, 4) is 0 Å². The van der Waals surface area contributed by atoms with Crippen LogP contribution in [-0.4, -0.2) is 33.9 Å². The molecule has 3 heterocycles. The van der Waals surface area contributed by atoms with Gasteiger partial charge in [0.2, 0.25) is 0 Å².